The highest BCUT2D eigenvalue weighted by atomic mass is 19.1. The minimum atomic E-state index is -0.357. The summed E-state index contributed by atoms with van der Waals surface area (Å²) in [6, 6.07) is 20.5. The van der Waals surface area contributed by atoms with Crippen molar-refractivity contribution < 1.29 is 19.0 Å². The van der Waals surface area contributed by atoms with Crippen molar-refractivity contribution in [3.05, 3.63) is 106 Å². The normalized spacial score (nSPS) is 18.0. The van der Waals surface area contributed by atoms with Crippen LogP contribution in [-0.2, 0) is 16.0 Å². The Kier molecular flexibility index (Phi) is 6.17. The van der Waals surface area contributed by atoms with E-state index in [-0.39, 0.29) is 29.4 Å². The molecule has 0 fully saturated rings. The van der Waals surface area contributed by atoms with Crippen LogP contribution in [0.5, 0.6) is 5.75 Å². The summed E-state index contributed by atoms with van der Waals surface area (Å²) in [6.45, 7) is 2.13. The molecule has 0 unspecified atom stereocenters. The molecule has 1 aliphatic rings. The summed E-state index contributed by atoms with van der Waals surface area (Å²) >= 11 is 0. The molecule has 3 aromatic carbocycles. The number of esters is 1. The lowest BCUT2D eigenvalue weighted by Gasteiger charge is -2.35. The summed E-state index contributed by atoms with van der Waals surface area (Å²) in [4.78, 5) is 11.6. The second-order valence-corrected chi connectivity index (χ2v) is 7.81. The monoisotopic (exact) mass is 416 g/mol. The zero-order valence-electron chi connectivity index (χ0n) is 17.4. The van der Waals surface area contributed by atoms with Gasteiger partial charge in [-0.2, -0.15) is 0 Å². The van der Waals surface area contributed by atoms with Gasteiger partial charge in [0.2, 0.25) is 0 Å². The number of fused-ring (bicyclic) bond motifs is 1. The maximum atomic E-state index is 13.5. The Morgan fingerprint density at radius 1 is 1.06 bits per heavy atom. The molecule has 3 aromatic rings. The SMILES string of the molecule is CCOC(=O)C=Cc1ccc([C@@H]2c3ccc(O)cc3CC[C@@H]2c2ccc(F)cc2)cc1. The molecular weight excluding hydrogens is 391 g/mol. The Morgan fingerprint density at radius 3 is 2.48 bits per heavy atom. The quantitative estimate of drug-likeness (QED) is 0.412. The summed E-state index contributed by atoms with van der Waals surface area (Å²) < 4.78 is 18.4. The maximum Gasteiger partial charge on any atom is 0.330 e. The van der Waals surface area contributed by atoms with Crippen molar-refractivity contribution in [2.45, 2.75) is 31.6 Å². The third-order valence-corrected chi connectivity index (χ3v) is 5.88. The first-order valence-corrected chi connectivity index (χ1v) is 10.6. The molecule has 0 saturated carbocycles. The van der Waals surface area contributed by atoms with Gasteiger partial charge in [-0.3, -0.25) is 0 Å². The number of carbonyl (C=O) groups excluding carboxylic acids is 1. The Morgan fingerprint density at radius 2 is 1.77 bits per heavy atom. The number of phenols is 1. The molecule has 0 heterocycles. The summed E-state index contributed by atoms with van der Waals surface area (Å²) in [6.07, 6.45) is 4.95. The molecule has 0 radical (unpaired) electrons. The number of carbonyl (C=O) groups is 1. The Bertz CT molecular complexity index is 1080. The Balaban J connectivity index is 1.69. The summed E-state index contributed by atoms with van der Waals surface area (Å²) in [7, 11) is 0. The Hall–Kier alpha value is -3.40. The van der Waals surface area contributed by atoms with E-state index in [1.54, 1.807) is 19.1 Å². The van der Waals surface area contributed by atoms with Crippen LogP contribution in [0.15, 0.2) is 72.8 Å². The topological polar surface area (TPSA) is 46.5 Å². The van der Waals surface area contributed by atoms with E-state index >= 15 is 0 Å². The average Bonchev–Trinajstić information content (AvgIpc) is 2.78. The average molecular weight is 416 g/mol. The van der Waals surface area contributed by atoms with Crippen LogP contribution in [0.25, 0.3) is 6.08 Å². The van der Waals surface area contributed by atoms with Gasteiger partial charge in [0.05, 0.1) is 6.61 Å². The molecule has 1 N–H and O–H groups in total. The van der Waals surface area contributed by atoms with Crippen LogP contribution in [0.4, 0.5) is 4.39 Å². The van der Waals surface area contributed by atoms with Crippen LogP contribution in [-0.4, -0.2) is 17.7 Å². The third-order valence-electron chi connectivity index (χ3n) is 5.88. The third kappa shape index (κ3) is 4.69. The molecule has 4 rings (SSSR count). The van der Waals surface area contributed by atoms with Gasteiger partial charge in [0.1, 0.15) is 11.6 Å². The molecule has 0 spiro atoms. The molecule has 3 nitrogen and oxygen atoms in total. The predicted molar refractivity (Wildman–Crippen MR) is 120 cm³/mol. The number of phenolic OH excluding ortho intramolecular Hbond substituents is 1. The highest BCUT2D eigenvalue weighted by Crippen LogP contribution is 2.47. The number of halogens is 1. The standard InChI is InChI=1S/C27H25FO3/c1-2-31-26(30)16-5-18-3-6-20(7-4-18)27-24(19-8-11-22(28)12-9-19)14-10-21-17-23(29)13-15-25(21)27/h3-9,11-13,15-17,24,27,29H,2,10,14H2,1H3/t24-,27+/m1/s1. The maximum absolute atomic E-state index is 13.5. The molecule has 0 bridgehead atoms. The number of hydrogen-bond donors (Lipinski definition) is 1. The first-order valence-electron chi connectivity index (χ1n) is 10.6. The number of rotatable bonds is 5. The van der Waals surface area contributed by atoms with E-state index < -0.39 is 0 Å². The number of aryl methyl sites for hydroxylation is 1. The van der Waals surface area contributed by atoms with Crippen LogP contribution >= 0.6 is 0 Å². The van der Waals surface area contributed by atoms with Gasteiger partial charge in [-0.25, -0.2) is 9.18 Å². The molecule has 2 atom stereocenters. The number of ether oxygens (including phenoxy) is 1. The fourth-order valence-corrected chi connectivity index (χ4v) is 4.46. The van der Waals surface area contributed by atoms with Gasteiger partial charge in [0, 0.05) is 12.0 Å². The van der Waals surface area contributed by atoms with Crippen LogP contribution in [0.3, 0.4) is 0 Å². The fraction of sp³-hybridized carbons (Fsp3) is 0.222. The van der Waals surface area contributed by atoms with Crippen LogP contribution in [0.1, 0.15) is 53.0 Å². The van der Waals surface area contributed by atoms with Crippen LogP contribution in [0, 0.1) is 5.82 Å². The highest BCUT2D eigenvalue weighted by Gasteiger charge is 2.32. The van der Waals surface area contributed by atoms with E-state index in [9.17, 15) is 14.3 Å². The van der Waals surface area contributed by atoms with Gasteiger partial charge in [-0.05, 0) is 83.8 Å². The Labute approximate surface area is 181 Å². The van der Waals surface area contributed by atoms with Crippen molar-refractivity contribution in [1.82, 2.24) is 0 Å². The molecule has 1 aliphatic carbocycles. The second-order valence-electron chi connectivity index (χ2n) is 7.81. The molecule has 0 amide bonds. The second kappa shape index (κ2) is 9.17. The molecule has 0 saturated heterocycles. The minimum Gasteiger partial charge on any atom is -0.508 e. The van der Waals surface area contributed by atoms with Crippen molar-refractivity contribution in [1.29, 1.82) is 0 Å². The lowest BCUT2D eigenvalue weighted by Crippen LogP contribution is -2.20. The zero-order valence-corrected chi connectivity index (χ0v) is 17.4. The minimum absolute atomic E-state index is 0.0953. The smallest absolute Gasteiger partial charge is 0.330 e. The van der Waals surface area contributed by atoms with E-state index in [0.717, 1.165) is 35.1 Å². The summed E-state index contributed by atoms with van der Waals surface area (Å²) in [5.74, 6) is -0.0169. The van der Waals surface area contributed by atoms with Gasteiger partial charge in [0.15, 0.2) is 0 Å². The van der Waals surface area contributed by atoms with Crippen molar-refractivity contribution in [2.24, 2.45) is 0 Å². The fourth-order valence-electron chi connectivity index (χ4n) is 4.46. The molecular formula is C27H25FO3. The molecule has 0 aromatic heterocycles. The summed E-state index contributed by atoms with van der Waals surface area (Å²) in [5, 5.41) is 9.95. The zero-order chi connectivity index (χ0) is 21.8. The van der Waals surface area contributed by atoms with Gasteiger partial charge >= 0.3 is 5.97 Å². The van der Waals surface area contributed by atoms with Crippen molar-refractivity contribution in [3.63, 3.8) is 0 Å². The molecule has 0 aliphatic heterocycles. The number of aromatic hydroxyl groups is 1. The summed E-state index contributed by atoms with van der Waals surface area (Å²) in [5.41, 5.74) is 5.50. The van der Waals surface area contributed by atoms with E-state index in [2.05, 4.69) is 12.1 Å². The van der Waals surface area contributed by atoms with Crippen molar-refractivity contribution in [3.8, 4) is 5.75 Å². The van der Waals surface area contributed by atoms with Crippen LogP contribution in [0.2, 0.25) is 0 Å². The lowest BCUT2D eigenvalue weighted by atomic mass is 9.69. The van der Waals surface area contributed by atoms with E-state index in [1.165, 1.54) is 23.8 Å². The van der Waals surface area contributed by atoms with E-state index in [4.69, 9.17) is 4.74 Å². The largest absolute Gasteiger partial charge is 0.508 e. The predicted octanol–water partition coefficient (Wildman–Crippen LogP) is 5.97. The van der Waals surface area contributed by atoms with Crippen molar-refractivity contribution in [2.75, 3.05) is 6.61 Å². The van der Waals surface area contributed by atoms with E-state index in [0.29, 0.717) is 6.61 Å². The van der Waals surface area contributed by atoms with Crippen molar-refractivity contribution >= 4 is 12.0 Å². The van der Waals surface area contributed by atoms with Gasteiger partial charge in [-0.1, -0.05) is 42.5 Å². The number of benzene rings is 3. The lowest BCUT2D eigenvalue weighted by molar-refractivity contribution is -0.137. The van der Waals surface area contributed by atoms with Gasteiger partial charge < -0.3 is 9.84 Å². The first kappa shape index (κ1) is 20.9. The molecule has 158 valence electrons. The molecule has 4 heteroatoms. The van der Waals surface area contributed by atoms with Gasteiger partial charge in [0.25, 0.3) is 0 Å². The molecule has 31 heavy (non-hydrogen) atoms. The number of hydrogen-bond acceptors (Lipinski definition) is 3. The highest BCUT2D eigenvalue weighted by molar-refractivity contribution is 5.87. The van der Waals surface area contributed by atoms with Gasteiger partial charge in [-0.15, -0.1) is 0 Å². The first-order chi connectivity index (χ1) is 15.0. The van der Waals surface area contributed by atoms with E-state index in [1.807, 2.05) is 36.4 Å². The van der Waals surface area contributed by atoms with Crippen LogP contribution < -0.4 is 0 Å².